The Morgan fingerprint density at radius 3 is 2.76 bits per heavy atom. The average molecular weight is 304 g/mol. The average Bonchev–Trinajstić information content (AvgIpc) is 2.45. The second-order valence-corrected chi connectivity index (χ2v) is 6.46. The lowest BCUT2D eigenvalue weighted by molar-refractivity contribution is 0.586. The highest BCUT2D eigenvalue weighted by molar-refractivity contribution is 7.88. The summed E-state index contributed by atoms with van der Waals surface area (Å²) in [7, 11) is -3.16. The van der Waals surface area contributed by atoms with Gasteiger partial charge in [0.15, 0.2) is 0 Å². The number of aromatic nitrogens is 1. The lowest BCUT2D eigenvalue weighted by Crippen LogP contribution is -2.24. The highest BCUT2D eigenvalue weighted by Crippen LogP contribution is 2.25. The molecule has 0 radical (unpaired) electrons. The molecule has 110 valence electrons. The molecule has 21 heavy (non-hydrogen) atoms. The summed E-state index contributed by atoms with van der Waals surface area (Å²) >= 11 is 0. The fraction of sp³-hybridized carbons (Fsp3) is 0.286. The summed E-state index contributed by atoms with van der Waals surface area (Å²) in [6, 6.07) is 9.68. The number of para-hydroxylation sites is 1. The molecule has 0 atom stereocenters. The molecule has 0 saturated heterocycles. The number of hydrogen-bond donors (Lipinski definition) is 2. The van der Waals surface area contributed by atoms with Crippen LogP contribution < -0.4 is 10.0 Å². The summed E-state index contributed by atoms with van der Waals surface area (Å²) < 4.78 is 24.3. The summed E-state index contributed by atoms with van der Waals surface area (Å²) in [6.07, 6.45) is 3.29. The van der Waals surface area contributed by atoms with Crippen LogP contribution in [-0.4, -0.2) is 32.7 Å². The molecule has 2 rings (SSSR count). The maximum Gasteiger partial charge on any atom is 0.208 e. The van der Waals surface area contributed by atoms with Crippen LogP contribution in [0.1, 0.15) is 12.0 Å². The first-order valence-electron chi connectivity index (χ1n) is 6.47. The minimum atomic E-state index is -3.16. The van der Waals surface area contributed by atoms with Crippen molar-refractivity contribution in [2.75, 3.05) is 24.7 Å². The maximum atomic E-state index is 11.0. The van der Waals surface area contributed by atoms with Gasteiger partial charge in [0.1, 0.15) is 6.07 Å². The Kier molecular flexibility index (Phi) is 4.73. The van der Waals surface area contributed by atoms with Gasteiger partial charge < -0.3 is 5.32 Å². The molecule has 0 aliphatic carbocycles. The minimum absolute atomic E-state index is 0.358. The van der Waals surface area contributed by atoms with Crippen LogP contribution in [0, 0.1) is 11.3 Å². The van der Waals surface area contributed by atoms with E-state index in [1.165, 1.54) is 0 Å². The molecule has 0 unspecified atom stereocenters. The number of hydrogen-bond acceptors (Lipinski definition) is 5. The number of pyridine rings is 1. The summed E-state index contributed by atoms with van der Waals surface area (Å²) in [5, 5.41) is 13.2. The summed E-state index contributed by atoms with van der Waals surface area (Å²) in [5.41, 5.74) is 2.03. The van der Waals surface area contributed by atoms with Crippen molar-refractivity contribution < 1.29 is 8.42 Å². The Hall–Kier alpha value is -2.17. The van der Waals surface area contributed by atoms with E-state index in [1.807, 2.05) is 24.3 Å². The number of sulfonamides is 1. The van der Waals surface area contributed by atoms with E-state index in [0.29, 0.717) is 25.1 Å². The first-order chi connectivity index (χ1) is 10.0. The van der Waals surface area contributed by atoms with Crippen LogP contribution in [-0.2, 0) is 10.0 Å². The van der Waals surface area contributed by atoms with E-state index in [0.717, 1.165) is 22.8 Å². The molecule has 7 heteroatoms. The van der Waals surface area contributed by atoms with Gasteiger partial charge in [-0.05, 0) is 12.5 Å². The van der Waals surface area contributed by atoms with Gasteiger partial charge in [0.2, 0.25) is 10.0 Å². The normalized spacial score (nSPS) is 11.2. The Morgan fingerprint density at radius 1 is 1.29 bits per heavy atom. The molecule has 2 N–H and O–H groups in total. The fourth-order valence-corrected chi connectivity index (χ4v) is 2.49. The molecular formula is C14H16N4O2S. The van der Waals surface area contributed by atoms with Crippen LogP contribution in [0.5, 0.6) is 0 Å². The van der Waals surface area contributed by atoms with Gasteiger partial charge in [-0.1, -0.05) is 18.2 Å². The molecule has 0 aliphatic rings. The van der Waals surface area contributed by atoms with Gasteiger partial charge in [-0.15, -0.1) is 0 Å². The van der Waals surface area contributed by atoms with Crippen molar-refractivity contribution in [2.24, 2.45) is 0 Å². The number of anilines is 1. The number of fused-ring (bicyclic) bond motifs is 1. The van der Waals surface area contributed by atoms with Gasteiger partial charge in [-0.2, -0.15) is 5.26 Å². The summed E-state index contributed by atoms with van der Waals surface area (Å²) in [6.45, 7) is 0.919. The van der Waals surface area contributed by atoms with Gasteiger partial charge in [0.05, 0.1) is 23.0 Å². The lowest BCUT2D eigenvalue weighted by Gasteiger charge is -2.11. The van der Waals surface area contributed by atoms with Crippen LogP contribution in [0.15, 0.2) is 30.5 Å². The van der Waals surface area contributed by atoms with E-state index in [9.17, 15) is 8.42 Å². The monoisotopic (exact) mass is 304 g/mol. The second-order valence-electron chi connectivity index (χ2n) is 4.62. The van der Waals surface area contributed by atoms with Crippen LogP contribution in [0.3, 0.4) is 0 Å². The van der Waals surface area contributed by atoms with Crippen LogP contribution >= 0.6 is 0 Å². The Balaban J connectivity index is 2.09. The zero-order chi connectivity index (χ0) is 15.3. The number of rotatable bonds is 6. The molecule has 0 spiro atoms. The van der Waals surface area contributed by atoms with Crippen molar-refractivity contribution in [2.45, 2.75) is 6.42 Å². The Labute approximate surface area is 123 Å². The lowest BCUT2D eigenvalue weighted by atomic mass is 10.1. The van der Waals surface area contributed by atoms with Crippen molar-refractivity contribution in [1.29, 1.82) is 5.26 Å². The first kappa shape index (κ1) is 15.2. The standard InChI is InChI=1S/C14H16N4O2S/c1-21(19,20)18-8-4-7-16-14-11(9-15)10-17-13-6-3-2-5-12(13)14/h2-3,5-6,10,18H,4,7-8H2,1H3,(H,16,17). The van der Waals surface area contributed by atoms with Gasteiger partial charge in [0, 0.05) is 24.7 Å². The zero-order valence-electron chi connectivity index (χ0n) is 11.6. The van der Waals surface area contributed by atoms with Gasteiger partial charge in [-0.3, -0.25) is 4.98 Å². The SMILES string of the molecule is CS(=O)(=O)NCCCNc1c(C#N)cnc2ccccc12. The van der Waals surface area contributed by atoms with Gasteiger partial charge in [-0.25, -0.2) is 13.1 Å². The van der Waals surface area contributed by atoms with Crippen molar-refractivity contribution in [3.05, 3.63) is 36.0 Å². The maximum absolute atomic E-state index is 11.0. The first-order valence-corrected chi connectivity index (χ1v) is 8.37. The molecule has 0 saturated carbocycles. The van der Waals surface area contributed by atoms with E-state index < -0.39 is 10.0 Å². The van der Waals surface area contributed by atoms with Gasteiger partial charge >= 0.3 is 0 Å². The molecule has 2 aromatic rings. The predicted octanol–water partition coefficient (Wildman–Crippen LogP) is 1.46. The van der Waals surface area contributed by atoms with E-state index >= 15 is 0 Å². The van der Waals surface area contributed by atoms with Crippen molar-refractivity contribution in [3.63, 3.8) is 0 Å². The smallest absolute Gasteiger partial charge is 0.208 e. The molecule has 6 nitrogen and oxygen atoms in total. The molecule has 1 aromatic carbocycles. The molecule has 0 amide bonds. The topological polar surface area (TPSA) is 94.9 Å². The van der Waals surface area contributed by atoms with E-state index in [1.54, 1.807) is 6.20 Å². The largest absolute Gasteiger partial charge is 0.383 e. The summed E-state index contributed by atoms with van der Waals surface area (Å²) in [5.74, 6) is 0. The highest BCUT2D eigenvalue weighted by Gasteiger charge is 2.07. The van der Waals surface area contributed by atoms with Crippen LogP contribution in [0.2, 0.25) is 0 Å². The number of nitriles is 1. The number of nitrogens with zero attached hydrogens (tertiary/aromatic N) is 2. The Bertz CT molecular complexity index is 781. The molecule has 0 aliphatic heterocycles. The summed E-state index contributed by atoms with van der Waals surface area (Å²) in [4.78, 5) is 4.24. The number of nitrogens with one attached hydrogen (secondary N) is 2. The molecule has 0 bridgehead atoms. The zero-order valence-corrected chi connectivity index (χ0v) is 12.4. The van der Waals surface area contributed by atoms with Crippen molar-refractivity contribution in [1.82, 2.24) is 9.71 Å². The predicted molar refractivity (Wildman–Crippen MR) is 82.4 cm³/mol. The molecule has 0 fully saturated rings. The van der Waals surface area contributed by atoms with Gasteiger partial charge in [0.25, 0.3) is 0 Å². The van der Waals surface area contributed by atoms with E-state index in [4.69, 9.17) is 5.26 Å². The number of benzene rings is 1. The molecular weight excluding hydrogens is 288 g/mol. The molecule has 1 heterocycles. The molecule has 1 aromatic heterocycles. The van der Waals surface area contributed by atoms with Crippen LogP contribution in [0.4, 0.5) is 5.69 Å². The third-order valence-electron chi connectivity index (χ3n) is 2.92. The second kappa shape index (κ2) is 6.52. The minimum Gasteiger partial charge on any atom is -0.383 e. The quantitative estimate of drug-likeness (QED) is 0.788. The Morgan fingerprint density at radius 2 is 2.05 bits per heavy atom. The van der Waals surface area contributed by atoms with Crippen LogP contribution in [0.25, 0.3) is 10.9 Å². The van der Waals surface area contributed by atoms with Crippen molar-refractivity contribution >= 4 is 26.6 Å². The highest BCUT2D eigenvalue weighted by atomic mass is 32.2. The fourth-order valence-electron chi connectivity index (χ4n) is 1.98. The van der Waals surface area contributed by atoms with E-state index in [-0.39, 0.29) is 0 Å². The van der Waals surface area contributed by atoms with Crippen molar-refractivity contribution in [3.8, 4) is 6.07 Å². The van der Waals surface area contributed by atoms with E-state index in [2.05, 4.69) is 21.1 Å². The third-order valence-corrected chi connectivity index (χ3v) is 3.64. The third kappa shape index (κ3) is 4.15.